The van der Waals surface area contributed by atoms with Crippen LogP contribution in [0.4, 0.5) is 10.1 Å². The van der Waals surface area contributed by atoms with Crippen LogP contribution in [-0.2, 0) is 10.2 Å². The summed E-state index contributed by atoms with van der Waals surface area (Å²) < 4.78 is 14.5. The molecule has 1 heterocycles. The molecule has 4 nitrogen and oxygen atoms in total. The van der Waals surface area contributed by atoms with Crippen molar-refractivity contribution in [3.8, 4) is 0 Å². The fourth-order valence-corrected chi connectivity index (χ4v) is 4.33. The molecule has 164 valence electrons. The number of carbonyl (C=O) groups is 2. The van der Waals surface area contributed by atoms with Crippen LogP contribution < -0.4 is 5.32 Å². The van der Waals surface area contributed by atoms with Gasteiger partial charge in [0, 0.05) is 21.3 Å². The van der Waals surface area contributed by atoms with Crippen molar-refractivity contribution in [2.75, 3.05) is 11.9 Å². The Morgan fingerprint density at radius 1 is 1.03 bits per heavy atom. The molecule has 0 spiro atoms. The molecule has 32 heavy (non-hydrogen) atoms. The van der Waals surface area contributed by atoms with Crippen molar-refractivity contribution >= 4 is 33.4 Å². The monoisotopic (exact) mass is 494 g/mol. The second-order valence-electron chi connectivity index (χ2n) is 8.99. The largest absolute Gasteiger partial charge is 0.324 e. The number of nitrogens with one attached hydrogen (secondary N) is 1. The average Bonchev–Trinajstić information content (AvgIpc) is 2.89. The van der Waals surface area contributed by atoms with Gasteiger partial charge in [0.2, 0.25) is 5.91 Å². The van der Waals surface area contributed by atoms with Gasteiger partial charge in [-0.15, -0.1) is 0 Å². The molecule has 0 fully saturated rings. The molecule has 6 heteroatoms. The quantitative estimate of drug-likeness (QED) is 0.469. The SMILES string of the molecule is CC(C)(C)c1ccc(C(=O)N2CC(=O)Nc3ccc(Br)cc3[C@H]2c2ccc(F)cc2)cc1. The van der Waals surface area contributed by atoms with Gasteiger partial charge in [0.1, 0.15) is 12.4 Å². The Labute approximate surface area is 195 Å². The summed E-state index contributed by atoms with van der Waals surface area (Å²) in [6, 6.07) is 18.5. The highest BCUT2D eigenvalue weighted by molar-refractivity contribution is 9.10. The lowest BCUT2D eigenvalue weighted by atomic mass is 9.86. The zero-order chi connectivity index (χ0) is 23.0. The molecule has 1 atom stereocenters. The predicted octanol–water partition coefficient (Wildman–Crippen LogP) is 6.07. The molecule has 0 saturated carbocycles. The van der Waals surface area contributed by atoms with Gasteiger partial charge in [-0.05, 0) is 59.0 Å². The molecule has 1 N–H and O–H groups in total. The number of rotatable bonds is 2. The molecular weight excluding hydrogens is 471 g/mol. The van der Waals surface area contributed by atoms with Crippen LogP contribution >= 0.6 is 15.9 Å². The maximum atomic E-state index is 13.7. The third-order valence-electron chi connectivity index (χ3n) is 5.65. The minimum absolute atomic E-state index is 0.0358. The summed E-state index contributed by atoms with van der Waals surface area (Å²) in [4.78, 5) is 27.9. The van der Waals surface area contributed by atoms with E-state index in [0.29, 0.717) is 11.3 Å². The second kappa shape index (κ2) is 8.51. The maximum Gasteiger partial charge on any atom is 0.255 e. The van der Waals surface area contributed by atoms with Crippen molar-refractivity contribution in [3.05, 3.63) is 99.3 Å². The Kier molecular flexibility index (Phi) is 5.91. The van der Waals surface area contributed by atoms with E-state index in [-0.39, 0.29) is 29.6 Å². The van der Waals surface area contributed by atoms with Gasteiger partial charge >= 0.3 is 0 Å². The lowest BCUT2D eigenvalue weighted by molar-refractivity contribution is -0.117. The van der Waals surface area contributed by atoms with Gasteiger partial charge in [0.15, 0.2) is 0 Å². The lowest BCUT2D eigenvalue weighted by Gasteiger charge is -2.31. The van der Waals surface area contributed by atoms with Gasteiger partial charge in [-0.3, -0.25) is 9.59 Å². The number of fused-ring (bicyclic) bond motifs is 1. The van der Waals surface area contributed by atoms with E-state index in [0.717, 1.165) is 21.2 Å². The fourth-order valence-electron chi connectivity index (χ4n) is 3.95. The van der Waals surface area contributed by atoms with Gasteiger partial charge in [0.25, 0.3) is 5.91 Å². The topological polar surface area (TPSA) is 49.4 Å². The summed E-state index contributed by atoms with van der Waals surface area (Å²) in [7, 11) is 0. The lowest BCUT2D eigenvalue weighted by Crippen LogP contribution is -2.39. The number of benzene rings is 3. The molecule has 0 aliphatic carbocycles. The van der Waals surface area contributed by atoms with E-state index in [4.69, 9.17) is 0 Å². The summed E-state index contributed by atoms with van der Waals surface area (Å²) in [5, 5.41) is 2.90. The van der Waals surface area contributed by atoms with Crippen LogP contribution in [0.3, 0.4) is 0 Å². The normalized spacial score (nSPS) is 16.2. The Balaban J connectivity index is 1.83. The molecule has 0 unspecified atom stereocenters. The fraction of sp³-hybridized carbons (Fsp3) is 0.231. The Hall–Kier alpha value is -2.99. The van der Waals surface area contributed by atoms with Crippen LogP contribution in [0.25, 0.3) is 0 Å². The number of amides is 2. The Morgan fingerprint density at radius 2 is 1.69 bits per heavy atom. The summed E-state index contributed by atoms with van der Waals surface area (Å²) in [6.45, 7) is 6.22. The van der Waals surface area contributed by atoms with E-state index < -0.39 is 6.04 Å². The van der Waals surface area contributed by atoms with Crippen molar-refractivity contribution in [2.24, 2.45) is 0 Å². The minimum Gasteiger partial charge on any atom is -0.324 e. The third kappa shape index (κ3) is 4.46. The van der Waals surface area contributed by atoms with Crippen molar-refractivity contribution in [2.45, 2.75) is 32.2 Å². The zero-order valence-electron chi connectivity index (χ0n) is 18.2. The molecule has 1 aliphatic rings. The maximum absolute atomic E-state index is 13.7. The molecule has 1 aliphatic heterocycles. The summed E-state index contributed by atoms with van der Waals surface area (Å²) >= 11 is 3.49. The number of carbonyl (C=O) groups excluding carboxylic acids is 2. The van der Waals surface area contributed by atoms with E-state index >= 15 is 0 Å². The van der Waals surface area contributed by atoms with Crippen molar-refractivity contribution in [1.29, 1.82) is 0 Å². The first-order valence-corrected chi connectivity index (χ1v) is 11.2. The first-order chi connectivity index (χ1) is 15.1. The first-order valence-electron chi connectivity index (χ1n) is 10.4. The zero-order valence-corrected chi connectivity index (χ0v) is 19.7. The van der Waals surface area contributed by atoms with Gasteiger partial charge in [-0.1, -0.05) is 61.0 Å². The molecule has 0 saturated heterocycles. The molecule has 2 amide bonds. The van der Waals surface area contributed by atoms with E-state index in [2.05, 4.69) is 42.0 Å². The smallest absolute Gasteiger partial charge is 0.255 e. The molecular formula is C26H24BrFN2O2. The van der Waals surface area contributed by atoms with Crippen LogP contribution in [-0.4, -0.2) is 23.3 Å². The molecule has 0 aromatic heterocycles. The molecule has 0 bridgehead atoms. The van der Waals surface area contributed by atoms with E-state index in [1.165, 1.54) is 12.1 Å². The number of hydrogen-bond acceptors (Lipinski definition) is 2. The highest BCUT2D eigenvalue weighted by atomic mass is 79.9. The Bertz CT molecular complexity index is 1170. The number of hydrogen-bond donors (Lipinski definition) is 1. The van der Waals surface area contributed by atoms with E-state index in [1.54, 1.807) is 35.2 Å². The van der Waals surface area contributed by atoms with Crippen LogP contribution in [0.15, 0.2) is 71.2 Å². The van der Waals surface area contributed by atoms with Crippen LogP contribution in [0.1, 0.15) is 53.9 Å². The van der Waals surface area contributed by atoms with Gasteiger partial charge in [-0.25, -0.2) is 4.39 Å². The predicted molar refractivity (Wildman–Crippen MR) is 127 cm³/mol. The van der Waals surface area contributed by atoms with E-state index in [9.17, 15) is 14.0 Å². The number of halogens is 2. The van der Waals surface area contributed by atoms with Gasteiger partial charge in [-0.2, -0.15) is 0 Å². The van der Waals surface area contributed by atoms with E-state index in [1.807, 2.05) is 24.3 Å². The van der Waals surface area contributed by atoms with Crippen LogP contribution in [0.5, 0.6) is 0 Å². The van der Waals surface area contributed by atoms with Crippen molar-refractivity contribution in [1.82, 2.24) is 4.90 Å². The third-order valence-corrected chi connectivity index (χ3v) is 6.15. The second-order valence-corrected chi connectivity index (χ2v) is 9.91. The van der Waals surface area contributed by atoms with Crippen molar-refractivity contribution < 1.29 is 14.0 Å². The summed E-state index contributed by atoms with van der Waals surface area (Å²) in [5.41, 5.74) is 3.69. The first kappa shape index (κ1) is 22.2. The average molecular weight is 495 g/mol. The highest BCUT2D eigenvalue weighted by Gasteiger charge is 2.34. The van der Waals surface area contributed by atoms with Crippen LogP contribution in [0, 0.1) is 5.82 Å². The Morgan fingerprint density at radius 3 is 2.31 bits per heavy atom. The molecule has 3 aromatic carbocycles. The molecule has 3 aromatic rings. The van der Waals surface area contributed by atoms with Crippen LogP contribution in [0.2, 0.25) is 0 Å². The number of nitrogens with zero attached hydrogens (tertiary/aromatic N) is 1. The van der Waals surface area contributed by atoms with Gasteiger partial charge in [0.05, 0.1) is 6.04 Å². The standard InChI is InChI=1S/C26H24BrFN2O2/c1-26(2,3)18-8-4-17(5-9-18)25(32)30-15-23(31)29-22-13-10-19(27)14-21(22)24(30)16-6-11-20(28)12-7-16/h4-14,24H,15H2,1-3H3,(H,29,31)/t24-/m1/s1. The summed E-state index contributed by atoms with van der Waals surface area (Å²) in [6.07, 6.45) is 0. The molecule has 0 radical (unpaired) electrons. The van der Waals surface area contributed by atoms with Gasteiger partial charge < -0.3 is 10.2 Å². The summed E-state index contributed by atoms with van der Waals surface area (Å²) in [5.74, 6) is -0.901. The minimum atomic E-state index is -0.558. The van der Waals surface area contributed by atoms with Crippen molar-refractivity contribution in [3.63, 3.8) is 0 Å². The highest BCUT2D eigenvalue weighted by Crippen LogP contribution is 2.38. The number of anilines is 1. The molecule has 4 rings (SSSR count).